The minimum Gasteiger partial charge on any atom is -0.434 e. The van der Waals surface area contributed by atoms with Crippen molar-refractivity contribution in [3.05, 3.63) is 72.3 Å². The van der Waals surface area contributed by atoms with Crippen molar-refractivity contribution in [3.63, 3.8) is 0 Å². The molecule has 1 heterocycles. The number of hydrogen-bond acceptors (Lipinski definition) is 5. The molecule has 0 unspecified atom stereocenters. The van der Waals surface area contributed by atoms with Gasteiger partial charge in [-0.1, -0.05) is 59.8 Å². The van der Waals surface area contributed by atoms with Crippen LogP contribution in [0.3, 0.4) is 0 Å². The maximum absolute atomic E-state index is 12.7. The van der Waals surface area contributed by atoms with Gasteiger partial charge in [-0.2, -0.15) is 8.78 Å². The van der Waals surface area contributed by atoms with Crippen molar-refractivity contribution in [1.29, 1.82) is 0 Å². The summed E-state index contributed by atoms with van der Waals surface area (Å²) >= 11 is 1.19. The monoisotopic (exact) mass is 415 g/mol. The topological polar surface area (TPSA) is 57.0 Å². The zero-order valence-corrected chi connectivity index (χ0v) is 16.5. The number of ether oxygens (including phenoxy) is 1. The number of Topliss-reactive ketones (excluding diaryl/α,β-unsaturated/α-hetero) is 1. The summed E-state index contributed by atoms with van der Waals surface area (Å²) in [6.45, 7) is 3.01. The third-order valence-corrected chi connectivity index (χ3v) is 5.01. The van der Waals surface area contributed by atoms with Gasteiger partial charge in [0.1, 0.15) is 5.75 Å². The Morgan fingerprint density at radius 2 is 2.00 bits per heavy atom. The second-order valence-electron chi connectivity index (χ2n) is 6.16. The van der Waals surface area contributed by atoms with Gasteiger partial charge in [-0.3, -0.25) is 9.36 Å². The van der Waals surface area contributed by atoms with E-state index in [1.54, 1.807) is 25.1 Å². The molecule has 3 rings (SSSR count). The summed E-state index contributed by atoms with van der Waals surface area (Å²) < 4.78 is 31.6. The number of nitrogens with zero attached hydrogens (tertiary/aromatic N) is 3. The smallest absolute Gasteiger partial charge is 0.387 e. The zero-order valence-electron chi connectivity index (χ0n) is 15.7. The number of rotatable bonds is 9. The predicted octanol–water partition coefficient (Wildman–Crippen LogP) is 5.02. The quantitative estimate of drug-likeness (QED) is 0.279. The number of aryl methyl sites for hydroxylation is 1. The molecule has 0 N–H and O–H groups in total. The van der Waals surface area contributed by atoms with E-state index in [1.807, 2.05) is 34.9 Å². The van der Waals surface area contributed by atoms with Gasteiger partial charge < -0.3 is 4.74 Å². The van der Waals surface area contributed by atoms with Crippen LogP contribution in [0.5, 0.6) is 5.75 Å². The van der Waals surface area contributed by atoms with E-state index in [0.29, 0.717) is 17.5 Å². The molecular weight excluding hydrogens is 396 g/mol. The minimum atomic E-state index is -3.00. The van der Waals surface area contributed by atoms with E-state index in [2.05, 4.69) is 21.5 Å². The summed E-state index contributed by atoms with van der Waals surface area (Å²) in [6.07, 6.45) is 1.72. The Morgan fingerprint density at radius 1 is 1.24 bits per heavy atom. The Labute approximate surface area is 171 Å². The maximum Gasteiger partial charge on any atom is 0.387 e. The van der Waals surface area contributed by atoms with Crippen LogP contribution in [-0.2, 0) is 6.54 Å². The van der Waals surface area contributed by atoms with Crippen LogP contribution in [0, 0.1) is 6.92 Å². The number of aromatic nitrogens is 3. The fourth-order valence-electron chi connectivity index (χ4n) is 2.76. The highest BCUT2D eigenvalue weighted by Gasteiger charge is 2.19. The lowest BCUT2D eigenvalue weighted by Crippen LogP contribution is -2.10. The van der Waals surface area contributed by atoms with Crippen LogP contribution in [0.1, 0.15) is 15.9 Å². The highest BCUT2D eigenvalue weighted by atomic mass is 32.2. The maximum atomic E-state index is 12.7. The molecule has 0 saturated heterocycles. The molecule has 29 heavy (non-hydrogen) atoms. The van der Waals surface area contributed by atoms with Gasteiger partial charge in [0.25, 0.3) is 0 Å². The van der Waals surface area contributed by atoms with E-state index < -0.39 is 6.61 Å². The van der Waals surface area contributed by atoms with Crippen LogP contribution in [0.2, 0.25) is 0 Å². The molecule has 0 aliphatic rings. The Bertz CT molecular complexity index is 1010. The standard InChI is InChI=1S/C21H19F2N3O2S/c1-3-11-26-19(15-7-5-4-6-8-15)24-25-21(26)29-13-17(27)16-12-14(2)9-10-18(16)28-20(22)23/h3-10,12,20H,1,11,13H2,2H3. The van der Waals surface area contributed by atoms with Crippen molar-refractivity contribution in [2.75, 3.05) is 5.75 Å². The number of hydrogen-bond donors (Lipinski definition) is 0. The van der Waals surface area contributed by atoms with Crippen molar-refractivity contribution >= 4 is 17.5 Å². The number of alkyl halides is 2. The Balaban J connectivity index is 1.82. The number of halogens is 2. The average Bonchev–Trinajstić information content (AvgIpc) is 3.11. The largest absolute Gasteiger partial charge is 0.434 e. The van der Waals surface area contributed by atoms with Crippen molar-refractivity contribution in [2.24, 2.45) is 0 Å². The fourth-order valence-corrected chi connectivity index (χ4v) is 3.59. The summed E-state index contributed by atoms with van der Waals surface area (Å²) in [5.74, 6) is 0.211. The van der Waals surface area contributed by atoms with Gasteiger partial charge in [-0.15, -0.1) is 16.8 Å². The molecule has 0 atom stereocenters. The van der Waals surface area contributed by atoms with Crippen LogP contribution in [-0.4, -0.2) is 32.9 Å². The Morgan fingerprint density at radius 3 is 2.69 bits per heavy atom. The van der Waals surface area contributed by atoms with Crippen LogP contribution >= 0.6 is 11.8 Å². The number of benzene rings is 2. The van der Waals surface area contributed by atoms with Crippen LogP contribution in [0.15, 0.2) is 66.3 Å². The fraction of sp³-hybridized carbons (Fsp3) is 0.190. The van der Waals surface area contributed by atoms with Gasteiger partial charge in [-0.25, -0.2) is 0 Å². The van der Waals surface area contributed by atoms with Crippen LogP contribution in [0.25, 0.3) is 11.4 Å². The molecule has 0 aliphatic heterocycles. The summed E-state index contributed by atoms with van der Waals surface area (Å²) in [5, 5.41) is 8.97. The van der Waals surface area contributed by atoms with E-state index in [9.17, 15) is 13.6 Å². The zero-order chi connectivity index (χ0) is 20.8. The molecular formula is C21H19F2N3O2S. The summed E-state index contributed by atoms with van der Waals surface area (Å²) in [4.78, 5) is 12.7. The molecule has 0 bridgehead atoms. The molecule has 8 heteroatoms. The molecule has 5 nitrogen and oxygen atoms in total. The van der Waals surface area contributed by atoms with Gasteiger partial charge in [0.15, 0.2) is 16.8 Å². The average molecular weight is 415 g/mol. The van der Waals surface area contributed by atoms with Gasteiger partial charge in [0.2, 0.25) is 0 Å². The van der Waals surface area contributed by atoms with Gasteiger partial charge in [-0.05, 0) is 19.1 Å². The van der Waals surface area contributed by atoms with Crippen LogP contribution < -0.4 is 4.74 Å². The first-order valence-corrected chi connectivity index (χ1v) is 9.79. The van der Waals surface area contributed by atoms with Crippen molar-refractivity contribution in [1.82, 2.24) is 14.8 Å². The lowest BCUT2D eigenvalue weighted by Gasteiger charge is -2.11. The third kappa shape index (κ3) is 5.08. The molecule has 150 valence electrons. The van der Waals surface area contributed by atoms with E-state index >= 15 is 0 Å². The lowest BCUT2D eigenvalue weighted by molar-refractivity contribution is -0.0501. The summed E-state index contributed by atoms with van der Waals surface area (Å²) in [7, 11) is 0. The highest BCUT2D eigenvalue weighted by Crippen LogP contribution is 2.27. The van der Waals surface area contributed by atoms with Crippen molar-refractivity contribution < 1.29 is 18.3 Å². The van der Waals surface area contributed by atoms with E-state index in [0.717, 1.165) is 11.1 Å². The number of carbonyl (C=O) groups is 1. The first-order chi connectivity index (χ1) is 14.0. The molecule has 0 fully saturated rings. The predicted molar refractivity (Wildman–Crippen MR) is 109 cm³/mol. The number of allylic oxidation sites excluding steroid dienone is 1. The Hall–Kier alpha value is -3.00. The number of carbonyl (C=O) groups excluding carboxylic acids is 1. The van der Waals surface area contributed by atoms with E-state index in [4.69, 9.17) is 0 Å². The van der Waals surface area contributed by atoms with Crippen molar-refractivity contribution in [2.45, 2.75) is 25.2 Å². The number of ketones is 1. The molecule has 0 spiro atoms. The molecule has 0 saturated carbocycles. The SMILES string of the molecule is C=CCn1c(SCC(=O)c2cc(C)ccc2OC(F)F)nnc1-c1ccccc1. The van der Waals surface area contributed by atoms with Crippen LogP contribution in [0.4, 0.5) is 8.78 Å². The summed E-state index contributed by atoms with van der Waals surface area (Å²) in [5.41, 5.74) is 1.79. The molecule has 1 aromatic heterocycles. The summed E-state index contributed by atoms with van der Waals surface area (Å²) in [6, 6.07) is 14.1. The third-order valence-electron chi connectivity index (χ3n) is 4.04. The molecule has 0 radical (unpaired) electrons. The van der Waals surface area contributed by atoms with Gasteiger partial charge in [0, 0.05) is 12.1 Å². The van der Waals surface area contributed by atoms with Gasteiger partial charge >= 0.3 is 6.61 Å². The second kappa shape index (κ2) is 9.47. The highest BCUT2D eigenvalue weighted by molar-refractivity contribution is 7.99. The Kier molecular flexibility index (Phi) is 6.77. The normalized spacial score (nSPS) is 10.9. The number of thioether (sulfide) groups is 1. The van der Waals surface area contributed by atoms with Crippen molar-refractivity contribution in [3.8, 4) is 17.1 Å². The first kappa shape index (κ1) is 20.7. The van der Waals surface area contributed by atoms with E-state index in [-0.39, 0.29) is 22.8 Å². The lowest BCUT2D eigenvalue weighted by atomic mass is 10.1. The van der Waals surface area contributed by atoms with E-state index in [1.165, 1.54) is 17.8 Å². The molecule has 2 aromatic carbocycles. The minimum absolute atomic E-state index is 0.00706. The second-order valence-corrected chi connectivity index (χ2v) is 7.10. The molecule has 0 amide bonds. The van der Waals surface area contributed by atoms with Gasteiger partial charge in [0.05, 0.1) is 11.3 Å². The molecule has 0 aliphatic carbocycles. The first-order valence-electron chi connectivity index (χ1n) is 8.80. The molecule has 3 aromatic rings.